The highest BCUT2D eigenvalue weighted by molar-refractivity contribution is 7.90. The zero-order valence-electron chi connectivity index (χ0n) is 22.1. The molecule has 0 radical (unpaired) electrons. The van der Waals surface area contributed by atoms with Crippen molar-refractivity contribution in [3.63, 3.8) is 0 Å². The number of ether oxygens (including phenoxy) is 1. The Bertz CT molecular complexity index is 1220. The van der Waals surface area contributed by atoms with Gasteiger partial charge in [0.15, 0.2) is 9.84 Å². The molecule has 38 heavy (non-hydrogen) atoms. The van der Waals surface area contributed by atoms with Crippen LogP contribution in [0.5, 0.6) is 0 Å². The van der Waals surface area contributed by atoms with E-state index in [2.05, 4.69) is 20.8 Å². The standard InChI is InChI=1S/C25H35N5O7S/c1-5-18(20(31)22-28-29-23(37-22)25(2,3)4)26-21(32)19(27-24(33)30-11-13-36-14-12-30)16-38(34,35)15-17-9-7-6-8-10-17/h6-10,18-19H,5,11-16H2,1-4H3,(H,26,32)(H,27,33). The molecule has 1 aliphatic heterocycles. The van der Waals surface area contributed by atoms with E-state index in [0.29, 0.717) is 31.9 Å². The molecular formula is C25H35N5O7S. The minimum absolute atomic E-state index is 0.179. The number of carbonyl (C=O) groups is 3. The Kier molecular flexibility index (Phi) is 9.60. The summed E-state index contributed by atoms with van der Waals surface area (Å²) in [5.41, 5.74) is 0.0807. The number of Topliss-reactive ketones (excluding diaryl/α,β-unsaturated/α-hetero) is 1. The molecule has 2 heterocycles. The minimum atomic E-state index is -3.83. The summed E-state index contributed by atoms with van der Waals surface area (Å²) in [6.07, 6.45) is 0.179. The maximum atomic E-state index is 13.3. The average Bonchev–Trinajstić information content (AvgIpc) is 3.38. The number of nitrogens with zero attached hydrogens (tertiary/aromatic N) is 3. The van der Waals surface area contributed by atoms with Crippen molar-refractivity contribution >= 4 is 27.6 Å². The predicted molar refractivity (Wildman–Crippen MR) is 138 cm³/mol. The van der Waals surface area contributed by atoms with Gasteiger partial charge in [0, 0.05) is 18.5 Å². The SMILES string of the molecule is CCC(NC(=O)C(CS(=O)(=O)Cc1ccccc1)NC(=O)N1CCOCC1)C(=O)c1nnc(C(C)(C)C)o1. The van der Waals surface area contributed by atoms with Gasteiger partial charge in [-0.25, -0.2) is 13.2 Å². The molecule has 0 bridgehead atoms. The molecule has 3 amide bonds. The number of urea groups is 1. The molecule has 12 nitrogen and oxygen atoms in total. The van der Waals surface area contributed by atoms with Crippen LogP contribution >= 0.6 is 0 Å². The quantitative estimate of drug-likeness (QED) is 0.418. The van der Waals surface area contributed by atoms with Gasteiger partial charge in [0.25, 0.3) is 5.89 Å². The van der Waals surface area contributed by atoms with Gasteiger partial charge in [0.1, 0.15) is 6.04 Å². The molecule has 0 saturated carbocycles. The van der Waals surface area contributed by atoms with E-state index < -0.39 is 50.8 Å². The van der Waals surface area contributed by atoms with Gasteiger partial charge in [0.05, 0.1) is 30.8 Å². The summed E-state index contributed by atoms with van der Waals surface area (Å²) >= 11 is 0. The fraction of sp³-hybridized carbons (Fsp3) is 0.560. The highest BCUT2D eigenvalue weighted by atomic mass is 32.2. The first-order chi connectivity index (χ1) is 17.9. The molecule has 2 N–H and O–H groups in total. The first-order valence-corrected chi connectivity index (χ1v) is 14.3. The average molecular weight is 550 g/mol. The van der Waals surface area contributed by atoms with E-state index in [9.17, 15) is 22.8 Å². The van der Waals surface area contributed by atoms with E-state index in [-0.39, 0.29) is 24.0 Å². The van der Waals surface area contributed by atoms with Crippen molar-refractivity contribution in [1.82, 2.24) is 25.7 Å². The summed E-state index contributed by atoms with van der Waals surface area (Å²) in [6, 6.07) is 5.45. The van der Waals surface area contributed by atoms with Crippen LogP contribution in [0.25, 0.3) is 0 Å². The molecule has 1 aliphatic rings. The maximum absolute atomic E-state index is 13.3. The number of sulfone groups is 1. The molecule has 1 aromatic heterocycles. The lowest BCUT2D eigenvalue weighted by molar-refractivity contribution is -0.123. The van der Waals surface area contributed by atoms with Crippen molar-refractivity contribution in [2.75, 3.05) is 32.1 Å². The van der Waals surface area contributed by atoms with Crippen LogP contribution in [0.2, 0.25) is 0 Å². The summed E-state index contributed by atoms with van der Waals surface area (Å²) in [5, 5.41) is 12.8. The van der Waals surface area contributed by atoms with Gasteiger partial charge >= 0.3 is 6.03 Å². The summed E-state index contributed by atoms with van der Waals surface area (Å²) in [4.78, 5) is 40.6. The van der Waals surface area contributed by atoms with Crippen molar-refractivity contribution in [2.45, 2.75) is 57.4 Å². The summed E-state index contributed by atoms with van der Waals surface area (Å²) in [7, 11) is -3.83. The van der Waals surface area contributed by atoms with Crippen LogP contribution < -0.4 is 10.6 Å². The topological polar surface area (TPSA) is 161 Å². The summed E-state index contributed by atoms with van der Waals surface area (Å²) in [6.45, 7) is 8.52. The molecular weight excluding hydrogens is 514 g/mol. The van der Waals surface area contributed by atoms with Gasteiger partial charge in [0.2, 0.25) is 17.6 Å². The Balaban J connectivity index is 1.78. The molecule has 208 valence electrons. The number of amides is 3. The molecule has 0 spiro atoms. The van der Waals surface area contributed by atoms with Crippen molar-refractivity contribution in [3.8, 4) is 0 Å². The van der Waals surface area contributed by atoms with Crippen LogP contribution in [0.1, 0.15) is 56.3 Å². The van der Waals surface area contributed by atoms with E-state index in [4.69, 9.17) is 9.15 Å². The highest BCUT2D eigenvalue weighted by Crippen LogP contribution is 2.21. The van der Waals surface area contributed by atoms with Gasteiger partial charge in [-0.1, -0.05) is 58.0 Å². The Hall–Kier alpha value is -3.32. The largest absolute Gasteiger partial charge is 0.418 e. The Labute approximate surface area is 222 Å². The molecule has 1 saturated heterocycles. The number of hydrogen-bond donors (Lipinski definition) is 2. The molecule has 2 aromatic rings. The first kappa shape index (κ1) is 29.2. The molecule has 0 aliphatic carbocycles. The molecule has 2 atom stereocenters. The Morgan fingerprint density at radius 2 is 1.68 bits per heavy atom. The first-order valence-electron chi connectivity index (χ1n) is 12.5. The number of benzene rings is 1. The second kappa shape index (κ2) is 12.5. The van der Waals surface area contributed by atoms with Gasteiger partial charge in [-0.05, 0) is 12.0 Å². The third-order valence-electron chi connectivity index (χ3n) is 5.88. The van der Waals surface area contributed by atoms with E-state index in [1.807, 2.05) is 20.8 Å². The van der Waals surface area contributed by atoms with E-state index in [0.717, 1.165) is 0 Å². The Morgan fingerprint density at radius 3 is 2.26 bits per heavy atom. The fourth-order valence-electron chi connectivity index (χ4n) is 3.73. The van der Waals surface area contributed by atoms with Crippen LogP contribution in [0.4, 0.5) is 4.79 Å². The van der Waals surface area contributed by atoms with Crippen LogP contribution in [-0.2, 0) is 30.5 Å². The number of hydrogen-bond acceptors (Lipinski definition) is 9. The number of aromatic nitrogens is 2. The number of morpholine rings is 1. The molecule has 13 heteroatoms. The van der Waals surface area contributed by atoms with E-state index in [1.54, 1.807) is 37.3 Å². The van der Waals surface area contributed by atoms with Crippen LogP contribution in [-0.4, -0.2) is 85.4 Å². The molecule has 1 fully saturated rings. The van der Waals surface area contributed by atoms with Crippen molar-refractivity contribution in [3.05, 3.63) is 47.7 Å². The zero-order chi connectivity index (χ0) is 27.9. The molecule has 3 rings (SSSR count). The van der Waals surface area contributed by atoms with Gasteiger partial charge in [-0.2, -0.15) is 0 Å². The number of rotatable bonds is 10. The normalized spacial score (nSPS) is 15.9. The smallest absolute Gasteiger partial charge is 0.318 e. The van der Waals surface area contributed by atoms with Crippen LogP contribution in [0.15, 0.2) is 34.7 Å². The zero-order valence-corrected chi connectivity index (χ0v) is 22.9. The maximum Gasteiger partial charge on any atom is 0.318 e. The number of nitrogens with one attached hydrogen (secondary N) is 2. The van der Waals surface area contributed by atoms with Crippen molar-refractivity contribution in [2.24, 2.45) is 0 Å². The van der Waals surface area contributed by atoms with E-state index in [1.165, 1.54) is 4.90 Å². The van der Waals surface area contributed by atoms with Gasteiger partial charge in [-0.3, -0.25) is 9.59 Å². The Morgan fingerprint density at radius 1 is 1.03 bits per heavy atom. The lowest BCUT2D eigenvalue weighted by Crippen LogP contribution is -2.57. The lowest BCUT2D eigenvalue weighted by Gasteiger charge is -2.29. The van der Waals surface area contributed by atoms with Crippen LogP contribution in [0, 0.1) is 0 Å². The van der Waals surface area contributed by atoms with Gasteiger partial charge < -0.3 is 24.7 Å². The molecule has 2 unspecified atom stereocenters. The van der Waals surface area contributed by atoms with Crippen LogP contribution in [0.3, 0.4) is 0 Å². The second-order valence-corrected chi connectivity index (χ2v) is 12.2. The monoisotopic (exact) mass is 549 g/mol. The fourth-order valence-corrected chi connectivity index (χ4v) is 5.29. The number of ketones is 1. The van der Waals surface area contributed by atoms with Crippen molar-refractivity contribution < 1.29 is 32.0 Å². The third kappa shape index (κ3) is 8.09. The highest BCUT2D eigenvalue weighted by Gasteiger charge is 2.34. The molecule has 1 aromatic carbocycles. The lowest BCUT2D eigenvalue weighted by atomic mass is 9.97. The summed E-state index contributed by atoms with van der Waals surface area (Å²) in [5.74, 6) is -2.35. The predicted octanol–water partition coefficient (Wildman–Crippen LogP) is 1.47. The van der Waals surface area contributed by atoms with E-state index >= 15 is 0 Å². The van der Waals surface area contributed by atoms with Crippen molar-refractivity contribution in [1.29, 1.82) is 0 Å². The second-order valence-electron chi connectivity index (χ2n) is 10.1. The van der Waals surface area contributed by atoms with Gasteiger partial charge in [-0.15, -0.1) is 10.2 Å². The third-order valence-corrected chi connectivity index (χ3v) is 7.50. The minimum Gasteiger partial charge on any atom is -0.418 e. The summed E-state index contributed by atoms with van der Waals surface area (Å²) < 4.78 is 36.8. The number of carbonyl (C=O) groups excluding carboxylic acids is 3.